The fourth-order valence-electron chi connectivity index (χ4n) is 8.26. The van der Waals surface area contributed by atoms with Crippen molar-refractivity contribution in [2.24, 2.45) is 0 Å². The van der Waals surface area contributed by atoms with E-state index in [2.05, 4.69) is 21.2 Å². The van der Waals surface area contributed by atoms with Crippen molar-refractivity contribution < 1.29 is 47.4 Å². The SMILES string of the molecule is C#Cc1c2nc(c(-c3cccc(OCCOCCOCCOC)c3)c3ccc([nH]3)c(-c3ccc(NC(=O)OC(C)(C)C)cc3)c3nc(c(-c4cccc(OCCOCCOCCOC)c4)c4ccc1[nH]4)C=C3)C=C2. The van der Waals surface area contributed by atoms with Crippen LogP contribution in [0.2, 0.25) is 0 Å². The van der Waals surface area contributed by atoms with Gasteiger partial charge in [-0.25, -0.2) is 14.8 Å². The monoisotopic (exact) mass is 1000 g/mol. The van der Waals surface area contributed by atoms with E-state index in [0.717, 1.165) is 55.4 Å². The number of amides is 1. The average molecular weight is 1000 g/mol. The third-order valence-corrected chi connectivity index (χ3v) is 11.6. The van der Waals surface area contributed by atoms with Crippen LogP contribution in [0.15, 0.2) is 97.1 Å². The summed E-state index contributed by atoms with van der Waals surface area (Å²) in [4.78, 5) is 30.8. The van der Waals surface area contributed by atoms with Crippen molar-refractivity contribution in [2.75, 3.05) is 98.8 Å². The van der Waals surface area contributed by atoms with E-state index in [1.807, 2.05) is 142 Å². The number of terminal acetylenes is 1. The highest BCUT2D eigenvalue weighted by Crippen LogP contribution is 2.38. The Morgan fingerprint density at radius 3 is 1.42 bits per heavy atom. The van der Waals surface area contributed by atoms with Crippen LogP contribution >= 0.6 is 0 Å². The second kappa shape index (κ2) is 25.9. The molecule has 3 N–H and O–H groups in total. The van der Waals surface area contributed by atoms with Crippen LogP contribution in [0, 0.1) is 12.3 Å². The Morgan fingerprint density at radius 2 is 0.946 bits per heavy atom. The summed E-state index contributed by atoms with van der Waals surface area (Å²) in [6.07, 6.45) is 13.8. The topological polar surface area (TPSA) is 170 Å². The van der Waals surface area contributed by atoms with Crippen LogP contribution in [0.3, 0.4) is 0 Å². The lowest BCUT2D eigenvalue weighted by atomic mass is 10.0. The number of benzene rings is 3. The van der Waals surface area contributed by atoms with Crippen molar-refractivity contribution in [3.8, 4) is 57.2 Å². The Hall–Kier alpha value is -7.55. The van der Waals surface area contributed by atoms with Gasteiger partial charge in [-0.05, 0) is 122 Å². The first kappa shape index (κ1) is 52.8. The van der Waals surface area contributed by atoms with Crippen LogP contribution in [-0.2, 0) is 33.2 Å². The molecule has 8 rings (SSSR count). The van der Waals surface area contributed by atoms with Gasteiger partial charge in [0.15, 0.2) is 0 Å². The Balaban J connectivity index is 1.23. The Morgan fingerprint density at radius 1 is 0.527 bits per heavy atom. The number of methoxy groups -OCH3 is 2. The number of nitrogens with zero attached hydrogens (tertiary/aromatic N) is 2. The second-order valence-electron chi connectivity index (χ2n) is 18.0. The van der Waals surface area contributed by atoms with Crippen molar-refractivity contribution in [3.05, 3.63) is 125 Å². The predicted molar refractivity (Wildman–Crippen MR) is 291 cm³/mol. The van der Waals surface area contributed by atoms with E-state index in [4.69, 9.17) is 59.0 Å². The summed E-state index contributed by atoms with van der Waals surface area (Å²) >= 11 is 0. The van der Waals surface area contributed by atoms with Gasteiger partial charge in [-0.1, -0.05) is 42.3 Å². The maximum atomic E-state index is 12.8. The normalized spacial score (nSPS) is 11.9. The zero-order valence-corrected chi connectivity index (χ0v) is 42.6. The van der Waals surface area contributed by atoms with Gasteiger partial charge in [0.25, 0.3) is 0 Å². The van der Waals surface area contributed by atoms with Gasteiger partial charge in [0.2, 0.25) is 0 Å². The summed E-state index contributed by atoms with van der Waals surface area (Å²) in [6.45, 7) is 10.9. The molecule has 1 amide bonds. The lowest BCUT2D eigenvalue weighted by Crippen LogP contribution is -2.27. The smallest absolute Gasteiger partial charge is 0.412 e. The van der Waals surface area contributed by atoms with Crippen LogP contribution in [0.4, 0.5) is 10.5 Å². The van der Waals surface area contributed by atoms with Crippen molar-refractivity contribution in [3.63, 3.8) is 0 Å². The maximum absolute atomic E-state index is 12.8. The van der Waals surface area contributed by atoms with Gasteiger partial charge in [-0.15, -0.1) is 6.42 Å². The van der Waals surface area contributed by atoms with Crippen molar-refractivity contribution >= 4 is 58.2 Å². The number of nitrogens with one attached hydrogen (secondary N) is 3. The van der Waals surface area contributed by atoms with Crippen LogP contribution < -0.4 is 14.8 Å². The molecule has 15 heteroatoms. The van der Waals surface area contributed by atoms with Crippen LogP contribution in [0.25, 0.3) is 79.8 Å². The zero-order chi connectivity index (χ0) is 51.7. The highest BCUT2D eigenvalue weighted by Gasteiger charge is 2.20. The Labute approximate surface area is 431 Å². The third-order valence-electron chi connectivity index (χ3n) is 11.6. The van der Waals surface area contributed by atoms with E-state index >= 15 is 0 Å². The molecule has 3 aromatic heterocycles. The number of H-pyrrole nitrogens is 2. The molecule has 8 bridgehead atoms. The van der Waals surface area contributed by atoms with Gasteiger partial charge in [0.1, 0.15) is 30.3 Å². The van der Waals surface area contributed by atoms with E-state index < -0.39 is 11.7 Å². The van der Waals surface area contributed by atoms with Gasteiger partial charge >= 0.3 is 6.09 Å². The largest absolute Gasteiger partial charge is 0.491 e. The lowest BCUT2D eigenvalue weighted by molar-refractivity contribution is 0.0180. The predicted octanol–water partition coefficient (Wildman–Crippen LogP) is 11.1. The summed E-state index contributed by atoms with van der Waals surface area (Å²) < 4.78 is 50.5. The summed E-state index contributed by atoms with van der Waals surface area (Å²) in [7, 11) is 3.29. The number of ether oxygens (including phenoxy) is 9. The number of fused-ring (bicyclic) bond motifs is 8. The lowest BCUT2D eigenvalue weighted by Gasteiger charge is -2.19. The number of carbonyl (C=O) groups is 1. The van der Waals surface area contributed by atoms with Crippen LogP contribution in [0.1, 0.15) is 49.1 Å². The minimum atomic E-state index is -0.655. The first-order valence-corrected chi connectivity index (χ1v) is 24.6. The molecule has 0 saturated carbocycles. The molecule has 2 aliphatic heterocycles. The molecule has 15 nitrogen and oxygen atoms in total. The minimum Gasteiger partial charge on any atom is -0.491 e. The van der Waals surface area contributed by atoms with Crippen molar-refractivity contribution in [1.82, 2.24) is 19.9 Å². The van der Waals surface area contributed by atoms with E-state index in [9.17, 15) is 4.79 Å². The highest BCUT2D eigenvalue weighted by atomic mass is 16.6. The molecule has 0 atom stereocenters. The van der Waals surface area contributed by atoms with Gasteiger partial charge < -0.3 is 52.6 Å². The van der Waals surface area contributed by atoms with Crippen molar-refractivity contribution in [2.45, 2.75) is 26.4 Å². The molecule has 3 aromatic carbocycles. The Kier molecular flexibility index (Phi) is 18.5. The summed E-state index contributed by atoms with van der Waals surface area (Å²) in [5.74, 6) is 4.27. The zero-order valence-electron chi connectivity index (χ0n) is 42.6. The molecule has 0 fully saturated rings. The number of aromatic nitrogens is 4. The molecule has 0 unspecified atom stereocenters. The molecule has 0 saturated heterocycles. The quantitative estimate of drug-likeness (QED) is 0.0387. The van der Waals surface area contributed by atoms with Gasteiger partial charge in [0, 0.05) is 53.1 Å². The number of hydrogen-bond acceptors (Lipinski definition) is 12. The molecule has 6 aromatic rings. The number of anilines is 1. The minimum absolute atomic E-state index is 0.348. The Bertz CT molecular complexity index is 3080. The summed E-state index contributed by atoms with van der Waals surface area (Å²) in [5.41, 5.74) is 11.4. The first-order chi connectivity index (χ1) is 36.1. The molecule has 5 heterocycles. The molecule has 0 aliphatic carbocycles. The highest BCUT2D eigenvalue weighted by molar-refractivity contribution is 5.98. The molecule has 384 valence electrons. The number of rotatable bonds is 24. The standard InChI is InChI=1S/C59H63N5O10/c1-7-46-47-18-20-51(61-47)56(41-10-8-12-44(38-41)72-36-34-70-32-30-68-28-26-66-5)53-24-22-49(63-53)55(40-14-16-43(17-15-40)60-58(65)74-59(2,3)4)50-23-25-54(64-50)57(52-21-19-48(46)62-52)42-11-9-13-45(39-42)73-37-35-71-33-31-69-29-27-67-6/h1,8-25,38-39,61,64H,26-37H2,2-6H3,(H,60,65). The van der Waals surface area contributed by atoms with Gasteiger partial charge in [-0.3, -0.25) is 5.32 Å². The number of carbonyl (C=O) groups excluding carboxylic acids is 1. The van der Waals surface area contributed by atoms with Crippen molar-refractivity contribution in [1.29, 1.82) is 0 Å². The average Bonchev–Trinajstić information content (AvgIpc) is 4.25. The van der Waals surface area contributed by atoms with E-state index in [1.54, 1.807) is 14.2 Å². The van der Waals surface area contributed by atoms with E-state index in [1.165, 1.54) is 0 Å². The summed E-state index contributed by atoms with van der Waals surface area (Å²) in [5, 5.41) is 2.86. The van der Waals surface area contributed by atoms with E-state index in [-0.39, 0.29) is 0 Å². The van der Waals surface area contributed by atoms with E-state index in [0.29, 0.717) is 125 Å². The number of aromatic amines is 2. The van der Waals surface area contributed by atoms with Gasteiger partial charge in [0.05, 0.1) is 99.9 Å². The number of hydrogen-bond donors (Lipinski definition) is 3. The fourth-order valence-corrected chi connectivity index (χ4v) is 8.26. The molecular formula is C59H63N5O10. The molecule has 0 radical (unpaired) electrons. The molecular weight excluding hydrogens is 939 g/mol. The molecule has 0 spiro atoms. The van der Waals surface area contributed by atoms with Crippen LogP contribution in [-0.4, -0.2) is 125 Å². The summed E-state index contributed by atoms with van der Waals surface area (Å²) in [6, 6.07) is 31.5. The first-order valence-electron chi connectivity index (χ1n) is 24.6. The van der Waals surface area contributed by atoms with Gasteiger partial charge in [-0.2, -0.15) is 0 Å². The second-order valence-corrected chi connectivity index (χ2v) is 18.0. The van der Waals surface area contributed by atoms with Crippen LogP contribution in [0.5, 0.6) is 11.5 Å². The maximum Gasteiger partial charge on any atom is 0.412 e. The molecule has 2 aliphatic rings. The third kappa shape index (κ3) is 14.1. The molecule has 74 heavy (non-hydrogen) atoms. The fraction of sp³-hybridized carbons (Fsp3) is 0.305.